The van der Waals surface area contributed by atoms with Gasteiger partial charge in [-0.3, -0.25) is 0 Å². The summed E-state index contributed by atoms with van der Waals surface area (Å²) >= 11 is 0. The Labute approximate surface area is 118 Å². The number of hydrogen-bond donors (Lipinski definition) is 0. The van der Waals surface area contributed by atoms with Gasteiger partial charge in [0.15, 0.2) is 0 Å². The number of nitrogens with zero attached hydrogens (tertiary/aromatic N) is 2. The van der Waals surface area contributed by atoms with Crippen LogP contribution in [0, 0.1) is 10.1 Å². The molecule has 1 aromatic carbocycles. The lowest BCUT2D eigenvalue weighted by Gasteiger charge is -2.07. The summed E-state index contributed by atoms with van der Waals surface area (Å²) in [5.74, 6) is -0.313. The van der Waals surface area contributed by atoms with Gasteiger partial charge in [0.1, 0.15) is 18.6 Å². The lowest BCUT2D eigenvalue weighted by molar-refractivity contribution is -0.390. The molecule has 0 aliphatic rings. The van der Waals surface area contributed by atoms with Crippen molar-refractivity contribution in [1.82, 2.24) is 4.98 Å². The highest BCUT2D eigenvalue weighted by Crippen LogP contribution is 2.24. The number of nitro groups is 1. The monoisotopic (exact) mass is 296 g/mol. The van der Waals surface area contributed by atoms with Crippen LogP contribution in [0.1, 0.15) is 5.56 Å². The predicted molar refractivity (Wildman–Crippen MR) is 68.3 cm³/mol. The Balaban J connectivity index is 2.02. The number of aromatic nitrogens is 1. The molecule has 0 N–H and O–H groups in total. The van der Waals surface area contributed by atoms with Crippen molar-refractivity contribution in [2.75, 3.05) is 0 Å². The summed E-state index contributed by atoms with van der Waals surface area (Å²) in [4.78, 5) is 13.7. The molecule has 0 bridgehead atoms. The fraction of sp³-hybridized carbons (Fsp3) is 0.154. The maximum Gasteiger partial charge on any atom is 0.406 e. The maximum atomic E-state index is 12.0. The topological polar surface area (TPSA) is 74.5 Å². The van der Waals surface area contributed by atoms with Gasteiger partial charge in [-0.25, -0.2) is 0 Å². The minimum Gasteiger partial charge on any atom is -0.481 e. The lowest BCUT2D eigenvalue weighted by atomic mass is 10.2. The van der Waals surface area contributed by atoms with Crippen LogP contribution in [-0.2, 0) is 6.61 Å². The number of rotatable bonds is 6. The Kier molecular flexibility index (Phi) is 4.60. The third kappa shape index (κ3) is 4.10. The van der Waals surface area contributed by atoms with Gasteiger partial charge in [-0.1, -0.05) is 12.1 Å². The highest BCUT2D eigenvalue weighted by atomic mass is 19.3. The fourth-order valence-corrected chi connectivity index (χ4v) is 1.56. The molecule has 1 aromatic heterocycles. The molecule has 0 spiro atoms. The van der Waals surface area contributed by atoms with Crippen LogP contribution in [0.25, 0.3) is 0 Å². The van der Waals surface area contributed by atoms with E-state index in [-0.39, 0.29) is 23.9 Å². The summed E-state index contributed by atoms with van der Waals surface area (Å²) in [6.07, 6.45) is 1.29. The van der Waals surface area contributed by atoms with Crippen molar-refractivity contribution >= 4 is 5.82 Å². The third-order valence-corrected chi connectivity index (χ3v) is 2.47. The summed E-state index contributed by atoms with van der Waals surface area (Å²) < 4.78 is 33.5. The molecule has 0 saturated heterocycles. The Morgan fingerprint density at radius 1 is 1.24 bits per heavy atom. The number of pyridine rings is 1. The van der Waals surface area contributed by atoms with E-state index in [2.05, 4.69) is 9.72 Å². The van der Waals surface area contributed by atoms with Crippen molar-refractivity contribution in [2.45, 2.75) is 13.2 Å². The maximum absolute atomic E-state index is 12.0. The number of halogens is 2. The molecule has 0 unspecified atom stereocenters. The van der Waals surface area contributed by atoms with Crippen LogP contribution in [0.5, 0.6) is 11.5 Å². The SMILES string of the molecule is O=[N+]([O-])c1ncccc1OCc1ccc(OC(F)F)cc1. The van der Waals surface area contributed by atoms with Crippen molar-refractivity contribution in [3.05, 3.63) is 58.3 Å². The van der Waals surface area contributed by atoms with Gasteiger partial charge in [0, 0.05) is 0 Å². The Morgan fingerprint density at radius 2 is 1.95 bits per heavy atom. The molecule has 8 heteroatoms. The molecule has 0 aliphatic heterocycles. The predicted octanol–water partition coefficient (Wildman–Crippen LogP) is 3.17. The molecule has 0 radical (unpaired) electrons. The first-order valence-corrected chi connectivity index (χ1v) is 5.82. The highest BCUT2D eigenvalue weighted by molar-refractivity contribution is 5.38. The number of hydrogen-bond acceptors (Lipinski definition) is 5. The molecule has 2 rings (SSSR count). The summed E-state index contributed by atoms with van der Waals surface area (Å²) in [6.45, 7) is -2.84. The average Bonchev–Trinajstić information content (AvgIpc) is 2.46. The van der Waals surface area contributed by atoms with Crippen LogP contribution in [0.2, 0.25) is 0 Å². The summed E-state index contributed by atoms with van der Waals surface area (Å²) in [7, 11) is 0. The van der Waals surface area contributed by atoms with Gasteiger partial charge in [0.05, 0.1) is 0 Å². The second-order valence-corrected chi connectivity index (χ2v) is 3.89. The van der Waals surface area contributed by atoms with Gasteiger partial charge in [-0.05, 0) is 39.7 Å². The van der Waals surface area contributed by atoms with Crippen molar-refractivity contribution in [3.63, 3.8) is 0 Å². The summed E-state index contributed by atoms with van der Waals surface area (Å²) in [6, 6.07) is 8.73. The van der Waals surface area contributed by atoms with Crippen LogP contribution in [0.4, 0.5) is 14.6 Å². The quantitative estimate of drug-likeness (QED) is 0.604. The molecule has 2 aromatic rings. The molecule has 21 heavy (non-hydrogen) atoms. The number of alkyl halides is 2. The first kappa shape index (κ1) is 14.6. The molecule has 1 heterocycles. The van der Waals surface area contributed by atoms with Gasteiger partial charge >= 0.3 is 12.4 Å². The largest absolute Gasteiger partial charge is 0.481 e. The van der Waals surface area contributed by atoms with E-state index in [1.807, 2.05) is 0 Å². The molecule has 0 amide bonds. The first-order valence-electron chi connectivity index (χ1n) is 5.82. The van der Waals surface area contributed by atoms with Gasteiger partial charge in [0.25, 0.3) is 0 Å². The van der Waals surface area contributed by atoms with Crippen LogP contribution in [-0.4, -0.2) is 16.5 Å². The second kappa shape index (κ2) is 6.60. The molecular weight excluding hydrogens is 286 g/mol. The molecule has 0 fully saturated rings. The molecular formula is C13H10F2N2O4. The standard InChI is InChI=1S/C13H10F2N2O4/c14-13(15)21-10-5-3-9(4-6-10)8-20-11-2-1-7-16-12(11)17(18)19/h1-7,13H,8H2. The summed E-state index contributed by atoms with van der Waals surface area (Å²) in [5, 5.41) is 10.8. The molecule has 0 aliphatic carbocycles. The lowest BCUT2D eigenvalue weighted by Crippen LogP contribution is -2.03. The Hall–Kier alpha value is -2.77. The second-order valence-electron chi connectivity index (χ2n) is 3.89. The Morgan fingerprint density at radius 3 is 2.57 bits per heavy atom. The molecule has 0 atom stereocenters. The normalized spacial score (nSPS) is 10.4. The number of benzene rings is 1. The molecule has 110 valence electrons. The average molecular weight is 296 g/mol. The Bertz CT molecular complexity index is 620. The van der Waals surface area contributed by atoms with E-state index in [9.17, 15) is 18.9 Å². The zero-order chi connectivity index (χ0) is 15.2. The van der Waals surface area contributed by atoms with E-state index in [0.717, 1.165) is 0 Å². The molecule has 6 nitrogen and oxygen atoms in total. The van der Waals surface area contributed by atoms with Crippen molar-refractivity contribution < 1.29 is 23.2 Å². The van der Waals surface area contributed by atoms with E-state index < -0.39 is 11.5 Å². The van der Waals surface area contributed by atoms with E-state index in [4.69, 9.17) is 4.74 Å². The van der Waals surface area contributed by atoms with Gasteiger partial charge < -0.3 is 19.6 Å². The molecule has 0 saturated carbocycles. The third-order valence-electron chi connectivity index (χ3n) is 2.47. The van der Waals surface area contributed by atoms with E-state index in [1.54, 1.807) is 0 Å². The van der Waals surface area contributed by atoms with E-state index >= 15 is 0 Å². The summed E-state index contributed by atoms with van der Waals surface area (Å²) in [5.41, 5.74) is 0.648. The zero-order valence-electron chi connectivity index (χ0n) is 10.6. The van der Waals surface area contributed by atoms with Crippen LogP contribution < -0.4 is 9.47 Å². The van der Waals surface area contributed by atoms with Crippen LogP contribution in [0.3, 0.4) is 0 Å². The number of ether oxygens (including phenoxy) is 2. The van der Waals surface area contributed by atoms with E-state index in [1.165, 1.54) is 42.6 Å². The smallest absolute Gasteiger partial charge is 0.406 e. The minimum atomic E-state index is -2.88. The minimum absolute atomic E-state index is 0.0288. The van der Waals surface area contributed by atoms with Gasteiger partial charge in [0.2, 0.25) is 5.75 Å². The van der Waals surface area contributed by atoms with Crippen LogP contribution in [0.15, 0.2) is 42.6 Å². The first-order chi connectivity index (χ1) is 10.1. The highest BCUT2D eigenvalue weighted by Gasteiger charge is 2.15. The van der Waals surface area contributed by atoms with Crippen LogP contribution >= 0.6 is 0 Å². The van der Waals surface area contributed by atoms with Crippen molar-refractivity contribution in [3.8, 4) is 11.5 Å². The van der Waals surface area contributed by atoms with E-state index in [0.29, 0.717) is 5.56 Å². The van der Waals surface area contributed by atoms with Gasteiger partial charge in [-0.15, -0.1) is 0 Å². The van der Waals surface area contributed by atoms with Crippen molar-refractivity contribution in [2.24, 2.45) is 0 Å². The van der Waals surface area contributed by atoms with Crippen molar-refractivity contribution in [1.29, 1.82) is 0 Å². The fourth-order valence-electron chi connectivity index (χ4n) is 1.56. The zero-order valence-corrected chi connectivity index (χ0v) is 10.6. The van der Waals surface area contributed by atoms with Gasteiger partial charge in [-0.2, -0.15) is 8.78 Å².